The Morgan fingerprint density at radius 3 is 2.85 bits per heavy atom. The summed E-state index contributed by atoms with van der Waals surface area (Å²) < 4.78 is 3.90. The molecule has 0 unspecified atom stereocenters. The van der Waals surface area contributed by atoms with Gasteiger partial charge in [-0.2, -0.15) is 0 Å². The minimum atomic E-state index is -0.0537. The molecule has 0 bridgehead atoms. The van der Waals surface area contributed by atoms with Crippen molar-refractivity contribution in [3.05, 3.63) is 52.7 Å². The Bertz CT molecular complexity index is 779. The first-order valence-electron chi connectivity index (χ1n) is 6.38. The highest BCUT2D eigenvalue weighted by Crippen LogP contribution is 2.23. The number of hydrogen-bond donors (Lipinski definition) is 0. The molecule has 0 spiro atoms. The molecule has 3 rings (SSSR count). The third-order valence-corrected chi connectivity index (χ3v) is 3.86. The van der Waals surface area contributed by atoms with Gasteiger partial charge in [-0.25, -0.2) is 0 Å². The van der Waals surface area contributed by atoms with Crippen LogP contribution in [0, 0.1) is 0 Å². The molecular formula is C15H13N3OS. The highest BCUT2D eigenvalue weighted by molar-refractivity contribution is 7.08. The smallest absolute Gasteiger partial charge is 0.208 e. The molecule has 0 aliphatic carbocycles. The Kier molecular flexibility index (Phi) is 3.28. The van der Waals surface area contributed by atoms with Crippen molar-refractivity contribution in [2.45, 2.75) is 19.8 Å². The van der Waals surface area contributed by atoms with Crippen molar-refractivity contribution in [3.63, 3.8) is 0 Å². The number of nitrogens with zero attached hydrogens (tertiary/aromatic N) is 3. The van der Waals surface area contributed by atoms with Gasteiger partial charge in [-0.1, -0.05) is 36.5 Å². The van der Waals surface area contributed by atoms with E-state index in [0.29, 0.717) is 10.4 Å². The first-order valence-corrected chi connectivity index (χ1v) is 7.16. The Labute approximate surface area is 120 Å². The molecule has 5 heteroatoms. The SMILES string of the molecule is CC(C)c1nnsc1C(=O)c1cnc2ccccc2c1. The number of benzene rings is 1. The third-order valence-electron chi connectivity index (χ3n) is 3.12. The molecule has 0 atom stereocenters. The van der Waals surface area contributed by atoms with Crippen molar-refractivity contribution in [1.82, 2.24) is 14.6 Å². The van der Waals surface area contributed by atoms with Crippen molar-refractivity contribution in [3.8, 4) is 0 Å². The van der Waals surface area contributed by atoms with Crippen LogP contribution in [0.15, 0.2) is 36.5 Å². The Morgan fingerprint density at radius 1 is 1.25 bits per heavy atom. The second-order valence-corrected chi connectivity index (χ2v) is 5.64. The van der Waals surface area contributed by atoms with E-state index in [1.165, 1.54) is 0 Å². The second-order valence-electron chi connectivity index (χ2n) is 4.89. The lowest BCUT2D eigenvalue weighted by Gasteiger charge is -2.04. The molecule has 3 aromatic rings. The van der Waals surface area contributed by atoms with Crippen LogP contribution >= 0.6 is 11.5 Å². The van der Waals surface area contributed by atoms with Gasteiger partial charge in [0.1, 0.15) is 4.88 Å². The van der Waals surface area contributed by atoms with Crippen LogP contribution < -0.4 is 0 Å². The zero-order valence-corrected chi connectivity index (χ0v) is 12.0. The number of hydrogen-bond acceptors (Lipinski definition) is 5. The first kappa shape index (κ1) is 12.9. The van der Waals surface area contributed by atoms with E-state index in [1.54, 1.807) is 6.20 Å². The quantitative estimate of drug-likeness (QED) is 0.691. The van der Waals surface area contributed by atoms with Crippen molar-refractivity contribution in [2.24, 2.45) is 0 Å². The fourth-order valence-corrected chi connectivity index (χ4v) is 2.84. The van der Waals surface area contributed by atoms with Gasteiger partial charge in [-0.05, 0) is 29.6 Å². The molecule has 2 heterocycles. The van der Waals surface area contributed by atoms with Gasteiger partial charge < -0.3 is 0 Å². The number of ketones is 1. The van der Waals surface area contributed by atoms with E-state index in [9.17, 15) is 4.79 Å². The maximum Gasteiger partial charge on any atom is 0.208 e. The predicted molar refractivity (Wildman–Crippen MR) is 79.2 cm³/mol. The van der Waals surface area contributed by atoms with Gasteiger partial charge in [0.15, 0.2) is 0 Å². The van der Waals surface area contributed by atoms with E-state index < -0.39 is 0 Å². The largest absolute Gasteiger partial charge is 0.287 e. The van der Waals surface area contributed by atoms with E-state index in [0.717, 1.165) is 28.1 Å². The average Bonchev–Trinajstić information content (AvgIpc) is 2.95. The lowest BCUT2D eigenvalue weighted by molar-refractivity contribution is 0.104. The predicted octanol–water partition coefficient (Wildman–Crippen LogP) is 3.44. The third kappa shape index (κ3) is 2.20. The molecule has 2 aromatic heterocycles. The van der Waals surface area contributed by atoms with Crippen molar-refractivity contribution < 1.29 is 4.79 Å². The van der Waals surface area contributed by atoms with E-state index in [1.807, 2.05) is 44.2 Å². The fraction of sp³-hybridized carbons (Fsp3) is 0.200. The van der Waals surface area contributed by atoms with Crippen molar-refractivity contribution >= 4 is 28.2 Å². The maximum absolute atomic E-state index is 12.6. The highest BCUT2D eigenvalue weighted by Gasteiger charge is 2.20. The summed E-state index contributed by atoms with van der Waals surface area (Å²) in [6.45, 7) is 4.01. The lowest BCUT2D eigenvalue weighted by Crippen LogP contribution is -2.04. The molecule has 0 amide bonds. The van der Waals surface area contributed by atoms with Crippen LogP contribution in [-0.2, 0) is 0 Å². The van der Waals surface area contributed by atoms with Crippen LogP contribution in [0.5, 0.6) is 0 Å². The number of rotatable bonds is 3. The standard InChI is InChI=1S/C15H13N3OS/c1-9(2)13-15(20-18-17-13)14(19)11-7-10-5-3-4-6-12(10)16-8-11/h3-9H,1-2H3. The summed E-state index contributed by atoms with van der Waals surface area (Å²) in [5.41, 5.74) is 2.22. The van der Waals surface area contributed by atoms with Crippen LogP contribution in [0.1, 0.15) is 40.7 Å². The van der Waals surface area contributed by atoms with Gasteiger partial charge in [0, 0.05) is 17.1 Å². The lowest BCUT2D eigenvalue weighted by atomic mass is 10.0. The first-order chi connectivity index (χ1) is 9.66. The summed E-state index contributed by atoms with van der Waals surface area (Å²) >= 11 is 1.15. The highest BCUT2D eigenvalue weighted by atomic mass is 32.1. The molecule has 20 heavy (non-hydrogen) atoms. The molecule has 0 radical (unpaired) electrons. The van der Waals surface area contributed by atoms with Gasteiger partial charge in [-0.3, -0.25) is 9.78 Å². The molecule has 0 N–H and O–H groups in total. The molecule has 4 nitrogen and oxygen atoms in total. The zero-order chi connectivity index (χ0) is 14.1. The summed E-state index contributed by atoms with van der Waals surface area (Å²) in [6.07, 6.45) is 1.62. The second kappa shape index (κ2) is 5.09. The monoisotopic (exact) mass is 283 g/mol. The molecule has 0 aliphatic rings. The normalized spacial score (nSPS) is 11.2. The van der Waals surface area contributed by atoms with Crippen LogP contribution in [0.3, 0.4) is 0 Å². The Balaban J connectivity index is 2.06. The van der Waals surface area contributed by atoms with Gasteiger partial charge in [-0.15, -0.1) is 5.10 Å². The minimum absolute atomic E-state index is 0.0537. The number of para-hydroxylation sites is 1. The van der Waals surface area contributed by atoms with E-state index in [2.05, 4.69) is 14.6 Å². The van der Waals surface area contributed by atoms with Crippen LogP contribution in [-0.4, -0.2) is 20.4 Å². The molecule has 0 aliphatic heterocycles. The number of carbonyl (C=O) groups is 1. The van der Waals surface area contributed by atoms with Gasteiger partial charge >= 0.3 is 0 Å². The topological polar surface area (TPSA) is 55.7 Å². The van der Waals surface area contributed by atoms with Crippen molar-refractivity contribution in [2.75, 3.05) is 0 Å². The number of carbonyl (C=O) groups excluding carboxylic acids is 1. The maximum atomic E-state index is 12.6. The average molecular weight is 283 g/mol. The Morgan fingerprint density at radius 2 is 2.05 bits per heavy atom. The summed E-state index contributed by atoms with van der Waals surface area (Å²) in [6, 6.07) is 9.62. The van der Waals surface area contributed by atoms with E-state index in [4.69, 9.17) is 0 Å². The van der Waals surface area contributed by atoms with Crippen LogP contribution in [0.4, 0.5) is 0 Å². The molecule has 0 fully saturated rings. The molecule has 100 valence electrons. The van der Waals surface area contributed by atoms with Crippen molar-refractivity contribution in [1.29, 1.82) is 0 Å². The van der Waals surface area contributed by atoms with Crippen LogP contribution in [0.2, 0.25) is 0 Å². The van der Waals surface area contributed by atoms with Gasteiger partial charge in [0.05, 0.1) is 11.2 Å². The van der Waals surface area contributed by atoms with Gasteiger partial charge in [0.2, 0.25) is 5.78 Å². The van der Waals surface area contributed by atoms with Crippen LogP contribution in [0.25, 0.3) is 10.9 Å². The summed E-state index contributed by atoms with van der Waals surface area (Å²) in [5.74, 6) is 0.128. The van der Waals surface area contributed by atoms with Gasteiger partial charge in [0.25, 0.3) is 0 Å². The molecule has 0 saturated heterocycles. The van der Waals surface area contributed by atoms with E-state index in [-0.39, 0.29) is 11.7 Å². The summed E-state index contributed by atoms with van der Waals surface area (Å²) in [5, 5.41) is 5.01. The zero-order valence-electron chi connectivity index (χ0n) is 11.2. The molecule has 0 saturated carbocycles. The summed E-state index contributed by atoms with van der Waals surface area (Å²) in [4.78, 5) is 17.5. The van der Waals surface area contributed by atoms with E-state index >= 15 is 0 Å². The molecular weight excluding hydrogens is 270 g/mol. The molecule has 1 aromatic carbocycles. The number of pyridine rings is 1. The fourth-order valence-electron chi connectivity index (χ4n) is 2.06. The number of fused-ring (bicyclic) bond motifs is 1. The summed E-state index contributed by atoms with van der Waals surface area (Å²) in [7, 11) is 0. The Hall–Kier alpha value is -2.14. The number of aromatic nitrogens is 3. The minimum Gasteiger partial charge on any atom is -0.287 e.